The monoisotopic (exact) mass is 254 g/mol. The maximum atomic E-state index is 11.9. The molecule has 0 amide bonds. The molecule has 0 saturated heterocycles. The Labute approximate surface area is 93.1 Å². The lowest BCUT2D eigenvalue weighted by Gasteiger charge is -2.13. The van der Waals surface area contributed by atoms with Gasteiger partial charge in [-0.15, -0.1) is 11.3 Å². The van der Waals surface area contributed by atoms with Crippen LogP contribution in [0.15, 0.2) is 5.38 Å². The van der Waals surface area contributed by atoms with Gasteiger partial charge in [0.1, 0.15) is 6.04 Å². The van der Waals surface area contributed by atoms with Crippen LogP contribution in [-0.2, 0) is 4.79 Å². The molecule has 16 heavy (non-hydrogen) atoms. The molecular formula is C8H9F3N2O2S. The number of carboxylic acid groups (broad SMARTS) is 1. The quantitative estimate of drug-likeness (QED) is 0.859. The Hall–Kier alpha value is -1.15. The smallest absolute Gasteiger partial charge is 0.401 e. The van der Waals surface area contributed by atoms with Crippen LogP contribution in [0.25, 0.3) is 0 Å². The Kier molecular flexibility index (Phi) is 3.87. The molecular weight excluding hydrogens is 245 g/mol. The first kappa shape index (κ1) is 12.9. The van der Waals surface area contributed by atoms with Crippen LogP contribution in [0.5, 0.6) is 0 Å². The average molecular weight is 254 g/mol. The van der Waals surface area contributed by atoms with Crippen LogP contribution in [0.4, 0.5) is 13.2 Å². The highest BCUT2D eigenvalue weighted by atomic mass is 32.1. The van der Waals surface area contributed by atoms with E-state index in [1.807, 2.05) is 5.32 Å². The Morgan fingerprint density at radius 1 is 1.69 bits per heavy atom. The van der Waals surface area contributed by atoms with Crippen LogP contribution in [-0.4, -0.2) is 28.8 Å². The summed E-state index contributed by atoms with van der Waals surface area (Å²) in [5, 5.41) is 12.7. The lowest BCUT2D eigenvalue weighted by Crippen LogP contribution is -2.36. The van der Waals surface area contributed by atoms with Crippen molar-refractivity contribution >= 4 is 17.3 Å². The molecule has 8 heteroatoms. The molecule has 0 bridgehead atoms. The maximum absolute atomic E-state index is 11.9. The van der Waals surface area contributed by atoms with E-state index in [9.17, 15) is 18.0 Å². The zero-order chi connectivity index (χ0) is 12.3. The maximum Gasteiger partial charge on any atom is 0.401 e. The van der Waals surface area contributed by atoms with Crippen molar-refractivity contribution in [1.29, 1.82) is 0 Å². The van der Waals surface area contributed by atoms with E-state index in [0.29, 0.717) is 5.01 Å². The zero-order valence-corrected chi connectivity index (χ0v) is 9.02. The summed E-state index contributed by atoms with van der Waals surface area (Å²) in [4.78, 5) is 14.6. The predicted octanol–water partition coefficient (Wildman–Crippen LogP) is 1.73. The lowest BCUT2D eigenvalue weighted by molar-refractivity contribution is -0.143. The van der Waals surface area contributed by atoms with Gasteiger partial charge in [-0.05, 0) is 6.92 Å². The summed E-state index contributed by atoms with van der Waals surface area (Å²) in [7, 11) is 0. The summed E-state index contributed by atoms with van der Waals surface area (Å²) >= 11 is 1.19. The van der Waals surface area contributed by atoms with Crippen molar-refractivity contribution in [2.45, 2.75) is 19.1 Å². The van der Waals surface area contributed by atoms with Crippen molar-refractivity contribution in [3.05, 3.63) is 16.1 Å². The van der Waals surface area contributed by atoms with Gasteiger partial charge in [0.25, 0.3) is 0 Å². The average Bonchev–Trinajstić information content (AvgIpc) is 2.49. The summed E-state index contributed by atoms with van der Waals surface area (Å²) in [6, 6.07) is -1.42. The molecule has 2 N–H and O–H groups in total. The van der Waals surface area contributed by atoms with Gasteiger partial charge >= 0.3 is 12.1 Å². The van der Waals surface area contributed by atoms with E-state index in [0.717, 1.165) is 0 Å². The number of nitrogens with one attached hydrogen (secondary N) is 1. The van der Waals surface area contributed by atoms with Gasteiger partial charge in [0.15, 0.2) is 0 Å². The van der Waals surface area contributed by atoms with E-state index < -0.39 is 24.7 Å². The van der Waals surface area contributed by atoms with Crippen LogP contribution in [0, 0.1) is 6.92 Å². The second-order valence-electron chi connectivity index (χ2n) is 3.06. The Morgan fingerprint density at radius 2 is 2.31 bits per heavy atom. The summed E-state index contributed by atoms with van der Waals surface area (Å²) in [6.45, 7) is 0.289. The van der Waals surface area contributed by atoms with Crippen molar-refractivity contribution in [2.75, 3.05) is 6.54 Å². The number of carboxylic acids is 1. The minimum absolute atomic E-state index is 0.0965. The number of nitrogens with zero attached hydrogens (tertiary/aromatic N) is 1. The van der Waals surface area contributed by atoms with Crippen LogP contribution >= 0.6 is 11.3 Å². The summed E-state index contributed by atoms with van der Waals surface area (Å²) in [5.74, 6) is -1.38. The van der Waals surface area contributed by atoms with Gasteiger partial charge in [-0.2, -0.15) is 13.2 Å². The molecule has 0 radical (unpaired) electrons. The van der Waals surface area contributed by atoms with Crippen LogP contribution in [0.1, 0.15) is 16.7 Å². The highest BCUT2D eigenvalue weighted by molar-refractivity contribution is 7.09. The first-order valence-corrected chi connectivity index (χ1v) is 5.12. The number of hydrogen-bond donors (Lipinski definition) is 2. The third kappa shape index (κ3) is 3.78. The molecule has 90 valence electrons. The molecule has 1 heterocycles. The predicted molar refractivity (Wildman–Crippen MR) is 51.3 cm³/mol. The third-order valence-electron chi connectivity index (χ3n) is 1.69. The van der Waals surface area contributed by atoms with Crippen molar-refractivity contribution in [3.63, 3.8) is 0 Å². The molecule has 4 nitrogen and oxygen atoms in total. The van der Waals surface area contributed by atoms with Crippen molar-refractivity contribution in [1.82, 2.24) is 10.3 Å². The largest absolute Gasteiger partial charge is 0.480 e. The number of aromatic nitrogens is 1. The fourth-order valence-electron chi connectivity index (χ4n) is 1.05. The molecule has 1 atom stereocenters. The van der Waals surface area contributed by atoms with Crippen LogP contribution < -0.4 is 5.32 Å². The van der Waals surface area contributed by atoms with E-state index in [4.69, 9.17) is 5.11 Å². The van der Waals surface area contributed by atoms with E-state index in [-0.39, 0.29) is 5.69 Å². The van der Waals surface area contributed by atoms with E-state index in [2.05, 4.69) is 4.98 Å². The summed E-state index contributed by atoms with van der Waals surface area (Å²) in [6.07, 6.45) is -4.45. The van der Waals surface area contributed by atoms with Crippen molar-refractivity contribution < 1.29 is 23.1 Å². The summed E-state index contributed by atoms with van der Waals surface area (Å²) < 4.78 is 35.8. The molecule has 0 saturated carbocycles. The van der Waals surface area contributed by atoms with Gasteiger partial charge in [0, 0.05) is 5.38 Å². The first-order valence-electron chi connectivity index (χ1n) is 4.24. The minimum Gasteiger partial charge on any atom is -0.480 e. The van der Waals surface area contributed by atoms with Crippen molar-refractivity contribution in [2.24, 2.45) is 0 Å². The number of hydrogen-bond acceptors (Lipinski definition) is 4. The molecule has 1 aromatic heterocycles. The third-order valence-corrected chi connectivity index (χ3v) is 2.48. The first-order chi connectivity index (χ1) is 7.29. The van der Waals surface area contributed by atoms with Gasteiger partial charge in [0.2, 0.25) is 0 Å². The molecule has 1 unspecified atom stereocenters. The highest BCUT2D eigenvalue weighted by Crippen LogP contribution is 2.19. The molecule has 0 spiro atoms. The fraction of sp³-hybridized carbons (Fsp3) is 0.500. The topological polar surface area (TPSA) is 62.2 Å². The Bertz CT molecular complexity index is 378. The number of alkyl halides is 3. The number of carbonyl (C=O) groups is 1. The van der Waals surface area contributed by atoms with Gasteiger partial charge in [-0.25, -0.2) is 4.98 Å². The van der Waals surface area contributed by atoms with E-state index in [1.54, 1.807) is 6.92 Å². The minimum atomic E-state index is -4.45. The fourth-order valence-corrected chi connectivity index (χ4v) is 1.69. The summed E-state index contributed by atoms with van der Waals surface area (Å²) in [5.41, 5.74) is 0.0965. The normalized spacial score (nSPS) is 13.8. The second kappa shape index (κ2) is 4.79. The van der Waals surface area contributed by atoms with Crippen molar-refractivity contribution in [3.8, 4) is 0 Å². The Morgan fingerprint density at radius 3 is 2.69 bits per heavy atom. The standard InChI is InChI=1S/C8H9F3N2O2S/c1-4-13-5(2-16-4)6(7(14)15)12-3-8(9,10)11/h2,6,12H,3H2,1H3,(H,14,15). The molecule has 0 aliphatic heterocycles. The van der Waals surface area contributed by atoms with Gasteiger partial charge in [0.05, 0.1) is 17.2 Å². The van der Waals surface area contributed by atoms with Gasteiger partial charge < -0.3 is 5.11 Å². The number of aliphatic carboxylic acids is 1. The molecule has 0 fully saturated rings. The van der Waals surface area contributed by atoms with Crippen LogP contribution in [0.3, 0.4) is 0 Å². The lowest BCUT2D eigenvalue weighted by atomic mass is 10.2. The highest BCUT2D eigenvalue weighted by Gasteiger charge is 2.31. The van der Waals surface area contributed by atoms with Gasteiger partial charge in [-0.3, -0.25) is 10.1 Å². The molecule has 1 rings (SSSR count). The number of rotatable bonds is 4. The number of aryl methyl sites for hydroxylation is 1. The molecule has 0 aliphatic rings. The van der Waals surface area contributed by atoms with E-state index in [1.165, 1.54) is 16.7 Å². The van der Waals surface area contributed by atoms with Crippen LogP contribution in [0.2, 0.25) is 0 Å². The molecule has 0 aliphatic carbocycles. The molecule has 0 aromatic carbocycles. The second-order valence-corrected chi connectivity index (χ2v) is 4.12. The van der Waals surface area contributed by atoms with Gasteiger partial charge in [-0.1, -0.05) is 0 Å². The zero-order valence-electron chi connectivity index (χ0n) is 8.21. The number of thiazole rings is 1. The molecule has 1 aromatic rings. The Balaban J connectivity index is 2.73. The number of halogens is 3. The van der Waals surface area contributed by atoms with E-state index >= 15 is 0 Å². The SMILES string of the molecule is Cc1nc(C(NCC(F)(F)F)C(=O)O)cs1.